The Morgan fingerprint density at radius 2 is 2.13 bits per heavy atom. The molecule has 1 heterocycles. The van der Waals surface area contributed by atoms with E-state index in [2.05, 4.69) is 5.32 Å². The minimum Gasteiger partial charge on any atom is -0.491 e. The number of rotatable bonds is 5. The molecule has 2 fully saturated rings. The molecule has 0 radical (unpaired) electrons. The maximum absolute atomic E-state index is 13.3. The summed E-state index contributed by atoms with van der Waals surface area (Å²) < 4.78 is 19.1. The van der Waals surface area contributed by atoms with Gasteiger partial charge >= 0.3 is 0 Å². The standard InChI is InChI=1S/C18H25FN2O2/c1-21-13-20-18(17(21)22,11-14-6-3-2-4-7-14)12-23-16-9-5-8-15(19)10-16/h5,8-10,14,20H,2-4,6-7,11-13H2,1H3/t18-/m0/s1. The molecule has 2 aliphatic rings. The van der Waals surface area contributed by atoms with Gasteiger partial charge in [-0.3, -0.25) is 10.1 Å². The topological polar surface area (TPSA) is 41.6 Å². The predicted molar refractivity (Wildman–Crippen MR) is 86.6 cm³/mol. The Hall–Kier alpha value is -1.62. The third-order valence-electron chi connectivity index (χ3n) is 5.05. The van der Waals surface area contributed by atoms with Gasteiger partial charge in [0.2, 0.25) is 5.91 Å². The van der Waals surface area contributed by atoms with E-state index in [0.717, 1.165) is 6.42 Å². The van der Waals surface area contributed by atoms with Gasteiger partial charge in [-0.1, -0.05) is 38.2 Å². The van der Waals surface area contributed by atoms with Crippen LogP contribution in [0.2, 0.25) is 0 Å². The van der Waals surface area contributed by atoms with E-state index in [1.165, 1.54) is 44.2 Å². The van der Waals surface area contributed by atoms with Crippen LogP contribution in [0.4, 0.5) is 4.39 Å². The molecule has 126 valence electrons. The van der Waals surface area contributed by atoms with E-state index in [1.807, 2.05) is 0 Å². The summed E-state index contributed by atoms with van der Waals surface area (Å²) in [7, 11) is 1.81. The molecular formula is C18H25FN2O2. The van der Waals surface area contributed by atoms with Crippen LogP contribution in [0.25, 0.3) is 0 Å². The minimum atomic E-state index is -0.678. The van der Waals surface area contributed by atoms with Gasteiger partial charge in [0.05, 0.1) is 6.67 Å². The molecule has 5 heteroatoms. The smallest absolute Gasteiger partial charge is 0.247 e. The molecule has 1 saturated carbocycles. The van der Waals surface area contributed by atoms with Crippen molar-refractivity contribution >= 4 is 5.91 Å². The van der Waals surface area contributed by atoms with Crippen LogP contribution in [0.5, 0.6) is 5.75 Å². The van der Waals surface area contributed by atoms with Crippen LogP contribution >= 0.6 is 0 Å². The van der Waals surface area contributed by atoms with Crippen molar-refractivity contribution in [3.8, 4) is 5.75 Å². The van der Waals surface area contributed by atoms with Crippen molar-refractivity contribution in [1.29, 1.82) is 0 Å². The number of ether oxygens (including phenoxy) is 1. The molecule has 0 aromatic heterocycles. The number of hydrogen-bond acceptors (Lipinski definition) is 3. The van der Waals surface area contributed by atoms with Crippen molar-refractivity contribution < 1.29 is 13.9 Å². The Kier molecular flexibility index (Phi) is 4.85. The third kappa shape index (κ3) is 3.66. The molecule has 1 aromatic carbocycles. The molecule has 23 heavy (non-hydrogen) atoms. The molecule has 0 unspecified atom stereocenters. The quantitative estimate of drug-likeness (QED) is 0.907. The van der Waals surface area contributed by atoms with Gasteiger partial charge < -0.3 is 9.64 Å². The van der Waals surface area contributed by atoms with Gasteiger partial charge in [0, 0.05) is 13.1 Å². The van der Waals surface area contributed by atoms with Crippen LogP contribution in [0, 0.1) is 11.7 Å². The Bertz CT molecular complexity index is 560. The maximum Gasteiger partial charge on any atom is 0.247 e. The second-order valence-corrected chi connectivity index (χ2v) is 6.87. The molecule has 0 bridgehead atoms. The van der Waals surface area contributed by atoms with Crippen LogP contribution in [0.1, 0.15) is 38.5 Å². The lowest BCUT2D eigenvalue weighted by Crippen LogP contribution is -2.53. The van der Waals surface area contributed by atoms with Gasteiger partial charge in [0.1, 0.15) is 23.7 Å². The van der Waals surface area contributed by atoms with Gasteiger partial charge in [0.25, 0.3) is 0 Å². The van der Waals surface area contributed by atoms with E-state index < -0.39 is 5.54 Å². The Balaban J connectivity index is 1.71. The van der Waals surface area contributed by atoms with Crippen molar-refractivity contribution in [2.24, 2.45) is 5.92 Å². The van der Waals surface area contributed by atoms with Crippen molar-refractivity contribution in [2.45, 2.75) is 44.1 Å². The highest BCUT2D eigenvalue weighted by atomic mass is 19.1. The van der Waals surface area contributed by atoms with E-state index >= 15 is 0 Å². The largest absolute Gasteiger partial charge is 0.491 e. The van der Waals surface area contributed by atoms with Crippen LogP contribution < -0.4 is 10.1 Å². The third-order valence-corrected chi connectivity index (χ3v) is 5.05. The molecule has 1 amide bonds. The molecule has 1 atom stereocenters. The Morgan fingerprint density at radius 3 is 2.78 bits per heavy atom. The summed E-state index contributed by atoms with van der Waals surface area (Å²) in [6, 6.07) is 6.09. The first kappa shape index (κ1) is 16.2. The second kappa shape index (κ2) is 6.87. The van der Waals surface area contributed by atoms with Crippen molar-refractivity contribution in [2.75, 3.05) is 20.3 Å². The number of likely N-dealkylation sites (N-methyl/N-ethyl adjacent to an activating group) is 1. The monoisotopic (exact) mass is 320 g/mol. The second-order valence-electron chi connectivity index (χ2n) is 6.87. The zero-order chi connectivity index (χ0) is 16.3. The lowest BCUT2D eigenvalue weighted by Gasteiger charge is -2.33. The van der Waals surface area contributed by atoms with Gasteiger partial charge in [-0.25, -0.2) is 4.39 Å². The van der Waals surface area contributed by atoms with Crippen LogP contribution in [-0.2, 0) is 4.79 Å². The number of amides is 1. The number of halogens is 1. The predicted octanol–water partition coefficient (Wildman–Crippen LogP) is 2.93. The van der Waals surface area contributed by atoms with E-state index in [1.54, 1.807) is 24.1 Å². The van der Waals surface area contributed by atoms with Gasteiger partial charge in [0.15, 0.2) is 0 Å². The summed E-state index contributed by atoms with van der Waals surface area (Å²) >= 11 is 0. The molecule has 1 aliphatic carbocycles. The number of benzene rings is 1. The van der Waals surface area contributed by atoms with E-state index in [-0.39, 0.29) is 18.3 Å². The number of carbonyl (C=O) groups is 1. The summed E-state index contributed by atoms with van der Waals surface area (Å²) in [5, 5.41) is 3.36. The number of nitrogens with one attached hydrogen (secondary N) is 1. The summed E-state index contributed by atoms with van der Waals surface area (Å²) in [6.07, 6.45) is 6.95. The molecule has 4 nitrogen and oxygen atoms in total. The number of carbonyl (C=O) groups excluding carboxylic acids is 1. The van der Waals surface area contributed by atoms with E-state index in [9.17, 15) is 9.18 Å². The zero-order valence-electron chi connectivity index (χ0n) is 13.7. The molecule has 1 aromatic rings. The van der Waals surface area contributed by atoms with Crippen LogP contribution in [0.15, 0.2) is 24.3 Å². The van der Waals surface area contributed by atoms with E-state index in [0.29, 0.717) is 18.3 Å². The summed E-state index contributed by atoms with van der Waals surface area (Å²) in [5.41, 5.74) is -0.678. The lowest BCUT2D eigenvalue weighted by molar-refractivity contribution is -0.133. The van der Waals surface area contributed by atoms with Crippen molar-refractivity contribution in [3.63, 3.8) is 0 Å². The van der Waals surface area contributed by atoms with Crippen molar-refractivity contribution in [1.82, 2.24) is 10.2 Å². The Morgan fingerprint density at radius 1 is 1.35 bits per heavy atom. The highest BCUT2D eigenvalue weighted by Crippen LogP contribution is 2.33. The van der Waals surface area contributed by atoms with Gasteiger partial charge in [-0.2, -0.15) is 0 Å². The summed E-state index contributed by atoms with van der Waals surface area (Å²) in [5.74, 6) is 0.783. The van der Waals surface area contributed by atoms with E-state index in [4.69, 9.17) is 4.74 Å². The zero-order valence-corrected chi connectivity index (χ0v) is 13.7. The first-order chi connectivity index (χ1) is 11.1. The molecular weight excluding hydrogens is 295 g/mol. The fraction of sp³-hybridized carbons (Fsp3) is 0.611. The average molecular weight is 320 g/mol. The molecule has 1 aliphatic heterocycles. The molecule has 1 saturated heterocycles. The summed E-state index contributed by atoms with van der Waals surface area (Å²) in [6.45, 7) is 0.786. The Labute approximate surface area is 137 Å². The number of nitrogens with zero attached hydrogens (tertiary/aromatic N) is 1. The minimum absolute atomic E-state index is 0.0828. The molecule has 1 N–H and O–H groups in total. The normalized spacial score (nSPS) is 25.8. The van der Waals surface area contributed by atoms with Gasteiger partial charge in [-0.05, 0) is 24.5 Å². The fourth-order valence-corrected chi connectivity index (χ4v) is 3.76. The summed E-state index contributed by atoms with van der Waals surface area (Å²) in [4.78, 5) is 14.4. The number of hydrogen-bond donors (Lipinski definition) is 1. The average Bonchev–Trinajstić information content (AvgIpc) is 2.83. The highest BCUT2D eigenvalue weighted by Gasteiger charge is 2.47. The first-order valence-corrected chi connectivity index (χ1v) is 8.48. The molecule has 3 rings (SSSR count). The lowest BCUT2D eigenvalue weighted by atomic mass is 9.79. The first-order valence-electron chi connectivity index (χ1n) is 8.48. The van der Waals surface area contributed by atoms with Crippen molar-refractivity contribution in [3.05, 3.63) is 30.1 Å². The fourth-order valence-electron chi connectivity index (χ4n) is 3.76. The van der Waals surface area contributed by atoms with Gasteiger partial charge in [-0.15, -0.1) is 0 Å². The molecule has 0 spiro atoms. The van der Waals surface area contributed by atoms with Crippen LogP contribution in [-0.4, -0.2) is 36.7 Å². The SMILES string of the molecule is CN1CN[C@](COc2cccc(F)c2)(CC2CCCCC2)C1=O. The maximum atomic E-state index is 13.3. The highest BCUT2D eigenvalue weighted by molar-refractivity contribution is 5.88. The van der Waals surface area contributed by atoms with Crippen LogP contribution in [0.3, 0.4) is 0 Å².